The molecule has 0 bridgehead atoms. The Balaban J connectivity index is 2.65. The zero-order chi connectivity index (χ0) is 12.8. The molecule has 1 atom stereocenters. The molecule has 0 N–H and O–H groups in total. The second-order valence-corrected chi connectivity index (χ2v) is 5.66. The van der Waals surface area contributed by atoms with Crippen LogP contribution in [0.5, 0.6) is 0 Å². The Morgan fingerprint density at radius 2 is 1.59 bits per heavy atom. The average molecular weight is 253 g/mol. The van der Waals surface area contributed by atoms with Gasteiger partial charge in [0, 0.05) is 0 Å². The molecule has 0 saturated carbocycles. The maximum Gasteiger partial charge on any atom is 0.0590 e. The molecule has 1 rings (SSSR count). The van der Waals surface area contributed by atoms with Gasteiger partial charge in [-0.3, -0.25) is 0 Å². The van der Waals surface area contributed by atoms with E-state index < -0.39 is 0 Å². The van der Waals surface area contributed by atoms with E-state index in [1.54, 1.807) is 0 Å². The van der Waals surface area contributed by atoms with E-state index >= 15 is 0 Å². The average Bonchev–Trinajstić information content (AvgIpc) is 2.23. The minimum Gasteiger partial charge on any atom is -0.118 e. The van der Waals surface area contributed by atoms with Gasteiger partial charge >= 0.3 is 0 Å². The van der Waals surface area contributed by atoms with Crippen molar-refractivity contribution in [1.29, 1.82) is 0 Å². The molecular formula is C16H25Cl. The fourth-order valence-electron chi connectivity index (χ4n) is 2.58. The molecule has 0 heterocycles. The molecule has 96 valence electrons. The number of rotatable bonds is 6. The van der Waals surface area contributed by atoms with Crippen LogP contribution in [-0.2, 0) is 0 Å². The van der Waals surface area contributed by atoms with Crippen molar-refractivity contribution < 1.29 is 0 Å². The monoisotopic (exact) mass is 252 g/mol. The van der Waals surface area contributed by atoms with Crippen molar-refractivity contribution in [1.82, 2.24) is 0 Å². The number of halogens is 1. The highest BCUT2D eigenvalue weighted by atomic mass is 35.5. The van der Waals surface area contributed by atoms with Crippen LogP contribution in [0.2, 0.25) is 0 Å². The van der Waals surface area contributed by atoms with E-state index in [-0.39, 0.29) is 5.38 Å². The first-order valence-corrected chi connectivity index (χ1v) is 7.21. The summed E-state index contributed by atoms with van der Waals surface area (Å²) in [7, 11) is 0. The summed E-state index contributed by atoms with van der Waals surface area (Å²) in [6, 6.07) is 4.48. The first kappa shape index (κ1) is 14.6. The molecule has 0 nitrogen and oxygen atoms in total. The standard InChI is InChI=1S/C16H25Cl/c1-5-6-7-8-9-15(17)16-13(3)10-12(2)11-14(16)4/h10-11,15H,5-9H2,1-4H3. The lowest BCUT2D eigenvalue weighted by Crippen LogP contribution is -1.99. The summed E-state index contributed by atoms with van der Waals surface area (Å²) >= 11 is 6.55. The van der Waals surface area contributed by atoms with Gasteiger partial charge in [0.05, 0.1) is 5.38 Å². The maximum atomic E-state index is 6.55. The highest BCUT2D eigenvalue weighted by Crippen LogP contribution is 2.32. The predicted molar refractivity (Wildman–Crippen MR) is 78.0 cm³/mol. The van der Waals surface area contributed by atoms with E-state index in [0.29, 0.717) is 0 Å². The summed E-state index contributed by atoms with van der Waals surface area (Å²) in [5.74, 6) is 0. The van der Waals surface area contributed by atoms with Gasteiger partial charge in [0.2, 0.25) is 0 Å². The van der Waals surface area contributed by atoms with E-state index in [4.69, 9.17) is 11.6 Å². The number of benzene rings is 1. The maximum absolute atomic E-state index is 6.55. The Kier molecular flexibility index (Phi) is 6.05. The topological polar surface area (TPSA) is 0 Å². The van der Waals surface area contributed by atoms with Crippen LogP contribution in [0.4, 0.5) is 0 Å². The highest BCUT2D eigenvalue weighted by molar-refractivity contribution is 6.21. The normalized spacial score (nSPS) is 12.8. The summed E-state index contributed by atoms with van der Waals surface area (Å²) in [5.41, 5.74) is 5.38. The molecule has 1 heteroatoms. The Hall–Kier alpha value is -0.490. The fraction of sp³-hybridized carbons (Fsp3) is 0.625. The van der Waals surface area contributed by atoms with Gasteiger partial charge < -0.3 is 0 Å². The zero-order valence-electron chi connectivity index (χ0n) is 11.6. The van der Waals surface area contributed by atoms with Crippen LogP contribution < -0.4 is 0 Å². The molecule has 17 heavy (non-hydrogen) atoms. The first-order chi connectivity index (χ1) is 8.06. The van der Waals surface area contributed by atoms with Crippen LogP contribution in [0, 0.1) is 20.8 Å². The smallest absolute Gasteiger partial charge is 0.0590 e. The summed E-state index contributed by atoms with van der Waals surface area (Å²) in [4.78, 5) is 0. The van der Waals surface area contributed by atoms with Crippen molar-refractivity contribution in [2.45, 2.75) is 65.2 Å². The molecule has 0 aliphatic heterocycles. The quantitative estimate of drug-likeness (QED) is 0.439. The summed E-state index contributed by atoms with van der Waals surface area (Å²) in [6.07, 6.45) is 6.27. The number of alkyl halides is 1. The SMILES string of the molecule is CCCCCCC(Cl)c1c(C)cc(C)cc1C. The predicted octanol–water partition coefficient (Wildman–Crippen LogP) is 5.86. The molecule has 0 radical (unpaired) electrons. The lowest BCUT2D eigenvalue weighted by atomic mass is 9.94. The van der Waals surface area contributed by atoms with Crippen LogP contribution in [0.15, 0.2) is 12.1 Å². The van der Waals surface area contributed by atoms with Crippen LogP contribution in [0.3, 0.4) is 0 Å². The highest BCUT2D eigenvalue weighted by Gasteiger charge is 2.13. The molecule has 0 aromatic heterocycles. The van der Waals surface area contributed by atoms with Crippen LogP contribution in [-0.4, -0.2) is 0 Å². The van der Waals surface area contributed by atoms with Gasteiger partial charge in [0.15, 0.2) is 0 Å². The first-order valence-electron chi connectivity index (χ1n) is 6.78. The molecule has 0 saturated heterocycles. The Bertz CT molecular complexity index is 332. The van der Waals surface area contributed by atoms with Crippen molar-refractivity contribution in [3.05, 3.63) is 34.4 Å². The summed E-state index contributed by atoms with van der Waals surface area (Å²) < 4.78 is 0. The van der Waals surface area contributed by atoms with Gasteiger partial charge in [-0.05, 0) is 43.9 Å². The van der Waals surface area contributed by atoms with Crippen LogP contribution >= 0.6 is 11.6 Å². The van der Waals surface area contributed by atoms with Gasteiger partial charge in [-0.15, -0.1) is 11.6 Å². The molecule has 0 fully saturated rings. The van der Waals surface area contributed by atoms with Crippen LogP contribution in [0.1, 0.15) is 66.7 Å². The number of aryl methyl sites for hydroxylation is 3. The number of hydrogen-bond acceptors (Lipinski definition) is 0. The minimum absolute atomic E-state index is 0.187. The van der Waals surface area contributed by atoms with Crippen molar-refractivity contribution in [2.24, 2.45) is 0 Å². The van der Waals surface area contributed by atoms with E-state index in [1.165, 1.54) is 47.9 Å². The van der Waals surface area contributed by atoms with Crippen molar-refractivity contribution in [2.75, 3.05) is 0 Å². The Morgan fingerprint density at radius 1 is 1.00 bits per heavy atom. The molecule has 1 aromatic carbocycles. The van der Waals surface area contributed by atoms with E-state index in [1.807, 2.05) is 0 Å². The van der Waals surface area contributed by atoms with Gasteiger partial charge in [-0.25, -0.2) is 0 Å². The van der Waals surface area contributed by atoms with Gasteiger partial charge in [0.1, 0.15) is 0 Å². The van der Waals surface area contributed by atoms with E-state index in [0.717, 1.165) is 6.42 Å². The molecule has 1 unspecified atom stereocenters. The molecular weight excluding hydrogens is 228 g/mol. The van der Waals surface area contributed by atoms with Gasteiger partial charge in [-0.1, -0.05) is 50.3 Å². The minimum atomic E-state index is 0.187. The van der Waals surface area contributed by atoms with E-state index in [2.05, 4.69) is 39.8 Å². The fourth-order valence-corrected chi connectivity index (χ4v) is 3.08. The zero-order valence-corrected chi connectivity index (χ0v) is 12.4. The molecule has 0 aliphatic carbocycles. The third kappa shape index (κ3) is 4.35. The number of hydrogen-bond donors (Lipinski definition) is 0. The second kappa shape index (κ2) is 7.06. The molecule has 1 aromatic rings. The molecule has 0 spiro atoms. The Labute approximate surface area is 111 Å². The van der Waals surface area contributed by atoms with E-state index in [9.17, 15) is 0 Å². The third-order valence-electron chi connectivity index (χ3n) is 3.36. The van der Waals surface area contributed by atoms with Gasteiger partial charge in [0.25, 0.3) is 0 Å². The van der Waals surface area contributed by atoms with Crippen molar-refractivity contribution >= 4 is 11.6 Å². The second-order valence-electron chi connectivity index (χ2n) is 5.13. The summed E-state index contributed by atoms with van der Waals surface area (Å²) in [5, 5.41) is 0.187. The lowest BCUT2D eigenvalue weighted by Gasteiger charge is -2.16. The molecule has 0 amide bonds. The van der Waals surface area contributed by atoms with Crippen molar-refractivity contribution in [3.8, 4) is 0 Å². The Morgan fingerprint density at radius 3 is 2.12 bits per heavy atom. The van der Waals surface area contributed by atoms with Crippen LogP contribution in [0.25, 0.3) is 0 Å². The van der Waals surface area contributed by atoms with Crippen molar-refractivity contribution in [3.63, 3.8) is 0 Å². The molecule has 0 aliphatic rings. The summed E-state index contributed by atoms with van der Waals surface area (Å²) in [6.45, 7) is 8.74. The number of unbranched alkanes of at least 4 members (excludes halogenated alkanes) is 3. The largest absolute Gasteiger partial charge is 0.118 e. The third-order valence-corrected chi connectivity index (χ3v) is 3.80. The van der Waals surface area contributed by atoms with Gasteiger partial charge in [-0.2, -0.15) is 0 Å². The lowest BCUT2D eigenvalue weighted by molar-refractivity contribution is 0.622.